The van der Waals surface area contributed by atoms with E-state index in [1.165, 1.54) is 11.8 Å². The van der Waals surface area contributed by atoms with Crippen LogP contribution in [0.1, 0.15) is 44.9 Å². The van der Waals surface area contributed by atoms with Crippen LogP contribution in [-0.2, 0) is 4.79 Å². The van der Waals surface area contributed by atoms with Crippen LogP contribution in [0.4, 0.5) is 4.79 Å². The van der Waals surface area contributed by atoms with Gasteiger partial charge in [-0.05, 0) is 38.3 Å². The number of nitrogens with zero attached hydrogens (tertiary/aromatic N) is 3. The highest BCUT2D eigenvalue weighted by molar-refractivity contribution is 7.99. The Kier molecular flexibility index (Phi) is 5.92. The van der Waals surface area contributed by atoms with Gasteiger partial charge in [0.1, 0.15) is 5.82 Å². The van der Waals surface area contributed by atoms with Crippen molar-refractivity contribution < 1.29 is 9.59 Å². The van der Waals surface area contributed by atoms with Crippen LogP contribution < -0.4 is 10.6 Å². The molecule has 1 fully saturated rings. The topological polar surface area (TPSA) is 88.9 Å². The molecule has 0 spiro atoms. The summed E-state index contributed by atoms with van der Waals surface area (Å²) in [7, 11) is 0. The van der Waals surface area contributed by atoms with Gasteiger partial charge in [0, 0.05) is 12.0 Å². The molecule has 0 unspecified atom stereocenters. The number of urea groups is 1. The zero-order valence-electron chi connectivity index (χ0n) is 14.9. The monoisotopic (exact) mass is 373 g/mol. The third-order valence-corrected chi connectivity index (χ3v) is 4.97. The van der Waals surface area contributed by atoms with Gasteiger partial charge in [0.25, 0.3) is 0 Å². The van der Waals surface area contributed by atoms with Gasteiger partial charge in [-0.25, -0.2) is 14.5 Å². The first-order chi connectivity index (χ1) is 12.6. The van der Waals surface area contributed by atoms with E-state index in [1.807, 2.05) is 48.9 Å². The maximum atomic E-state index is 11.9. The first-order valence-electron chi connectivity index (χ1n) is 8.82. The molecule has 2 aromatic rings. The first kappa shape index (κ1) is 18.4. The van der Waals surface area contributed by atoms with Crippen LogP contribution in [-0.4, -0.2) is 38.5 Å². The third kappa shape index (κ3) is 4.85. The molecule has 2 N–H and O–H groups in total. The van der Waals surface area contributed by atoms with Crippen molar-refractivity contribution in [2.45, 2.75) is 50.2 Å². The minimum Gasteiger partial charge on any atom is -0.335 e. The lowest BCUT2D eigenvalue weighted by atomic mass is 10.3. The average molecular weight is 373 g/mol. The van der Waals surface area contributed by atoms with Crippen molar-refractivity contribution in [1.29, 1.82) is 0 Å². The molecule has 1 atom stereocenters. The van der Waals surface area contributed by atoms with Crippen LogP contribution in [0.2, 0.25) is 0 Å². The Hall–Kier alpha value is -2.35. The number of aromatic nitrogens is 3. The van der Waals surface area contributed by atoms with Crippen LogP contribution >= 0.6 is 11.8 Å². The zero-order chi connectivity index (χ0) is 18.5. The van der Waals surface area contributed by atoms with Crippen molar-refractivity contribution >= 4 is 23.7 Å². The van der Waals surface area contributed by atoms with Gasteiger partial charge in [0.2, 0.25) is 11.1 Å². The Morgan fingerprint density at radius 3 is 2.69 bits per heavy atom. The average Bonchev–Trinajstić information content (AvgIpc) is 3.40. The van der Waals surface area contributed by atoms with Crippen molar-refractivity contribution in [1.82, 2.24) is 25.4 Å². The molecule has 1 aliphatic rings. The van der Waals surface area contributed by atoms with Gasteiger partial charge >= 0.3 is 6.03 Å². The first-order valence-corrected chi connectivity index (χ1v) is 9.81. The second-order valence-electron chi connectivity index (χ2n) is 6.39. The fourth-order valence-corrected chi connectivity index (χ4v) is 3.02. The summed E-state index contributed by atoms with van der Waals surface area (Å²) < 4.78 is 1.85. The number of carbonyl (C=O) groups is 2. The van der Waals surface area contributed by atoms with Crippen LogP contribution in [0, 0.1) is 0 Å². The summed E-state index contributed by atoms with van der Waals surface area (Å²) in [5.41, 5.74) is 0.964. The molecule has 0 radical (unpaired) electrons. The zero-order valence-corrected chi connectivity index (χ0v) is 15.8. The number of thioether (sulfide) groups is 1. The molecule has 7 nitrogen and oxygen atoms in total. The van der Waals surface area contributed by atoms with E-state index >= 15 is 0 Å². The van der Waals surface area contributed by atoms with E-state index in [2.05, 4.69) is 20.7 Å². The summed E-state index contributed by atoms with van der Waals surface area (Å²) in [6.07, 6.45) is 3.04. The maximum Gasteiger partial charge on any atom is 0.321 e. The maximum absolute atomic E-state index is 11.9. The molecule has 1 aromatic carbocycles. The van der Waals surface area contributed by atoms with E-state index in [0.717, 1.165) is 30.8 Å². The fraction of sp³-hybridized carbons (Fsp3) is 0.444. The normalized spacial score (nSPS) is 14.7. The highest BCUT2D eigenvalue weighted by Crippen LogP contribution is 2.40. The number of para-hydroxylation sites is 1. The molecule has 1 aliphatic carbocycles. The standard InChI is InChI=1S/C18H23N5O2S/c1-3-12(2)19-17(25)20-15(24)11-26-18-21-16(13-9-10-13)23(22-18)14-7-5-4-6-8-14/h4-8,12-13H,3,9-11H2,1-2H3,(H2,19,20,24,25)/t12-/m1/s1. The number of imide groups is 1. The van der Waals surface area contributed by atoms with Crippen molar-refractivity contribution in [3.63, 3.8) is 0 Å². The molecule has 26 heavy (non-hydrogen) atoms. The molecule has 0 aliphatic heterocycles. The minimum absolute atomic E-state index is 0.0276. The summed E-state index contributed by atoms with van der Waals surface area (Å²) in [6.45, 7) is 3.85. The molecule has 0 bridgehead atoms. The Morgan fingerprint density at radius 2 is 2.04 bits per heavy atom. The molecule has 3 amide bonds. The van der Waals surface area contributed by atoms with E-state index in [4.69, 9.17) is 0 Å². The van der Waals surface area contributed by atoms with E-state index in [9.17, 15) is 9.59 Å². The largest absolute Gasteiger partial charge is 0.335 e. The molecule has 3 rings (SSSR count). The van der Waals surface area contributed by atoms with Gasteiger partial charge in [0.15, 0.2) is 0 Å². The van der Waals surface area contributed by atoms with E-state index in [0.29, 0.717) is 11.1 Å². The molecular formula is C18H23N5O2S. The Labute approximate surface area is 157 Å². The summed E-state index contributed by atoms with van der Waals surface area (Å²) in [5, 5.41) is 10.1. The highest BCUT2D eigenvalue weighted by Gasteiger charge is 2.30. The Bertz CT molecular complexity index is 773. The number of rotatable bonds is 7. The number of amides is 3. The van der Waals surface area contributed by atoms with Crippen molar-refractivity contribution in [3.8, 4) is 5.69 Å². The summed E-state index contributed by atoms with van der Waals surface area (Å²) >= 11 is 1.23. The van der Waals surface area contributed by atoms with Gasteiger partial charge in [-0.15, -0.1) is 5.10 Å². The van der Waals surface area contributed by atoms with Crippen molar-refractivity contribution in [3.05, 3.63) is 36.2 Å². The fourth-order valence-electron chi connectivity index (χ4n) is 2.39. The summed E-state index contributed by atoms with van der Waals surface area (Å²) in [5.74, 6) is 1.11. The predicted molar refractivity (Wildman–Crippen MR) is 100 cm³/mol. The van der Waals surface area contributed by atoms with Crippen molar-refractivity contribution in [2.24, 2.45) is 0 Å². The van der Waals surface area contributed by atoms with Crippen molar-refractivity contribution in [2.75, 3.05) is 5.75 Å². The second kappa shape index (κ2) is 8.35. The quantitative estimate of drug-likeness (QED) is 0.729. The molecule has 1 aromatic heterocycles. The lowest BCUT2D eigenvalue weighted by Crippen LogP contribution is -2.43. The SMILES string of the molecule is CC[C@@H](C)NC(=O)NC(=O)CSc1nc(C2CC2)n(-c2ccccc2)n1. The van der Waals surface area contributed by atoms with Crippen LogP contribution in [0.3, 0.4) is 0 Å². The van der Waals surface area contributed by atoms with Crippen LogP contribution in [0.15, 0.2) is 35.5 Å². The van der Waals surface area contributed by atoms with Crippen LogP contribution in [0.5, 0.6) is 0 Å². The Balaban J connectivity index is 1.60. The molecule has 0 saturated heterocycles. The summed E-state index contributed by atoms with van der Waals surface area (Å²) in [4.78, 5) is 28.2. The minimum atomic E-state index is -0.466. The number of hydrogen-bond donors (Lipinski definition) is 2. The van der Waals surface area contributed by atoms with E-state index in [1.54, 1.807) is 0 Å². The molecular weight excluding hydrogens is 350 g/mol. The Morgan fingerprint density at radius 1 is 1.31 bits per heavy atom. The number of carbonyl (C=O) groups excluding carboxylic acids is 2. The number of nitrogens with one attached hydrogen (secondary N) is 2. The molecule has 1 heterocycles. The van der Waals surface area contributed by atoms with Gasteiger partial charge in [-0.2, -0.15) is 0 Å². The summed E-state index contributed by atoms with van der Waals surface area (Å²) in [6, 6.07) is 9.42. The number of benzene rings is 1. The second-order valence-corrected chi connectivity index (χ2v) is 7.34. The third-order valence-electron chi connectivity index (χ3n) is 4.13. The van der Waals surface area contributed by atoms with Crippen LogP contribution in [0.25, 0.3) is 5.69 Å². The highest BCUT2D eigenvalue weighted by atomic mass is 32.2. The van der Waals surface area contributed by atoms with Gasteiger partial charge < -0.3 is 5.32 Å². The lowest BCUT2D eigenvalue weighted by Gasteiger charge is -2.11. The molecule has 8 heteroatoms. The number of hydrogen-bond acceptors (Lipinski definition) is 5. The van der Waals surface area contributed by atoms with Gasteiger partial charge in [-0.3, -0.25) is 10.1 Å². The molecule has 1 saturated carbocycles. The van der Waals surface area contributed by atoms with Gasteiger partial charge in [-0.1, -0.05) is 36.9 Å². The molecule has 138 valence electrons. The lowest BCUT2D eigenvalue weighted by molar-refractivity contribution is -0.117. The van der Waals surface area contributed by atoms with E-state index in [-0.39, 0.29) is 17.7 Å². The van der Waals surface area contributed by atoms with Gasteiger partial charge in [0.05, 0.1) is 11.4 Å². The predicted octanol–water partition coefficient (Wildman–Crippen LogP) is 2.86. The van der Waals surface area contributed by atoms with E-state index < -0.39 is 6.03 Å². The smallest absolute Gasteiger partial charge is 0.321 e.